The minimum Gasteiger partial charge on any atom is -0.384 e. The lowest BCUT2D eigenvalue weighted by molar-refractivity contribution is 0.0951. The van der Waals surface area contributed by atoms with E-state index in [4.69, 9.17) is 5.11 Å². The Kier molecular flexibility index (Phi) is 5.07. The minimum absolute atomic E-state index is 0.149. The Hall–Kier alpha value is -2.65. The molecule has 1 aromatic heterocycles. The van der Waals surface area contributed by atoms with Gasteiger partial charge in [0.2, 0.25) is 0 Å². The topological polar surface area (TPSA) is 67.2 Å². The number of hydrogen-bond donors (Lipinski definition) is 2. The van der Waals surface area contributed by atoms with Gasteiger partial charge in [-0.1, -0.05) is 11.8 Å². The van der Waals surface area contributed by atoms with Crippen LogP contribution in [0.4, 0.5) is 4.39 Å². The summed E-state index contributed by atoms with van der Waals surface area (Å²) in [4.78, 5) is 12.1. The Morgan fingerprint density at radius 2 is 2.33 bits per heavy atom. The molecule has 2 N–H and O–H groups in total. The zero-order valence-electron chi connectivity index (χ0n) is 11.2. The zero-order chi connectivity index (χ0) is 15.1. The lowest BCUT2D eigenvalue weighted by Crippen LogP contribution is -2.28. The van der Waals surface area contributed by atoms with Gasteiger partial charge in [0.25, 0.3) is 5.91 Å². The van der Waals surface area contributed by atoms with Crippen LogP contribution in [0.1, 0.15) is 15.9 Å². The minimum atomic E-state index is -0.512. The average Bonchev–Trinajstić information content (AvgIpc) is 2.99. The lowest BCUT2D eigenvalue weighted by Gasteiger charge is -2.07. The second-order valence-electron chi connectivity index (χ2n) is 4.17. The molecule has 0 fully saturated rings. The van der Waals surface area contributed by atoms with Crippen LogP contribution in [-0.4, -0.2) is 33.9 Å². The second-order valence-corrected chi connectivity index (χ2v) is 4.17. The summed E-state index contributed by atoms with van der Waals surface area (Å²) in [5.41, 5.74) is 0.526. The van der Waals surface area contributed by atoms with E-state index in [-0.39, 0.29) is 12.2 Å². The van der Waals surface area contributed by atoms with Crippen molar-refractivity contribution < 1.29 is 14.3 Å². The molecule has 5 nitrogen and oxygen atoms in total. The van der Waals surface area contributed by atoms with E-state index in [0.29, 0.717) is 18.7 Å². The molecule has 0 spiro atoms. The third kappa shape index (κ3) is 4.16. The summed E-state index contributed by atoms with van der Waals surface area (Å²) < 4.78 is 15.0. The van der Waals surface area contributed by atoms with Crippen LogP contribution in [-0.2, 0) is 6.54 Å². The number of rotatable bonds is 4. The lowest BCUT2D eigenvalue weighted by atomic mass is 10.1. The molecule has 1 aromatic carbocycles. The van der Waals surface area contributed by atoms with Gasteiger partial charge in [0.1, 0.15) is 12.4 Å². The fraction of sp³-hybridized carbons (Fsp3) is 0.200. The van der Waals surface area contributed by atoms with Crippen LogP contribution in [0.5, 0.6) is 0 Å². The summed E-state index contributed by atoms with van der Waals surface area (Å²) in [5, 5.41) is 15.4. The normalized spacial score (nSPS) is 9.81. The summed E-state index contributed by atoms with van der Waals surface area (Å²) >= 11 is 0. The number of benzene rings is 1. The summed E-state index contributed by atoms with van der Waals surface area (Å²) in [6.45, 7) is 0.563. The highest BCUT2D eigenvalue weighted by atomic mass is 19.1. The Morgan fingerprint density at radius 3 is 3.05 bits per heavy atom. The molecule has 2 aromatic rings. The number of carbonyl (C=O) groups is 1. The van der Waals surface area contributed by atoms with Crippen molar-refractivity contribution in [3.05, 3.63) is 53.6 Å². The SMILES string of the molecule is O=C(NCCn1cccn1)c1cc(F)ccc1C#CCO. The van der Waals surface area contributed by atoms with Crippen LogP contribution in [0.15, 0.2) is 36.7 Å². The molecule has 2 rings (SSSR count). The number of nitrogens with zero attached hydrogens (tertiary/aromatic N) is 2. The third-order valence-electron chi connectivity index (χ3n) is 2.71. The van der Waals surface area contributed by atoms with E-state index >= 15 is 0 Å². The fourth-order valence-corrected chi connectivity index (χ4v) is 1.76. The van der Waals surface area contributed by atoms with Gasteiger partial charge in [-0.25, -0.2) is 4.39 Å². The predicted octanol–water partition coefficient (Wildman–Crippen LogP) is 0.796. The maximum atomic E-state index is 13.3. The summed E-state index contributed by atoms with van der Waals surface area (Å²) in [7, 11) is 0. The van der Waals surface area contributed by atoms with Gasteiger partial charge >= 0.3 is 0 Å². The molecule has 0 bridgehead atoms. The third-order valence-corrected chi connectivity index (χ3v) is 2.71. The molecular formula is C15H14FN3O2. The van der Waals surface area contributed by atoms with Crippen molar-refractivity contribution in [3.63, 3.8) is 0 Å². The van der Waals surface area contributed by atoms with E-state index in [1.807, 2.05) is 0 Å². The first-order valence-electron chi connectivity index (χ1n) is 6.35. The Morgan fingerprint density at radius 1 is 1.48 bits per heavy atom. The number of hydrogen-bond acceptors (Lipinski definition) is 3. The van der Waals surface area contributed by atoms with Crippen molar-refractivity contribution in [1.82, 2.24) is 15.1 Å². The van der Waals surface area contributed by atoms with Gasteiger partial charge in [-0.2, -0.15) is 5.10 Å². The predicted molar refractivity (Wildman–Crippen MR) is 74.9 cm³/mol. The van der Waals surface area contributed by atoms with Gasteiger partial charge in [-0.05, 0) is 24.3 Å². The molecule has 21 heavy (non-hydrogen) atoms. The Labute approximate surface area is 121 Å². The first-order chi connectivity index (χ1) is 10.2. The van der Waals surface area contributed by atoms with Crippen molar-refractivity contribution in [1.29, 1.82) is 0 Å². The maximum absolute atomic E-state index is 13.3. The number of aliphatic hydroxyl groups is 1. The van der Waals surface area contributed by atoms with Crippen LogP contribution in [0.25, 0.3) is 0 Å². The number of halogens is 1. The van der Waals surface area contributed by atoms with E-state index in [2.05, 4.69) is 22.3 Å². The number of nitrogens with one attached hydrogen (secondary N) is 1. The average molecular weight is 287 g/mol. The molecule has 0 saturated carbocycles. The van der Waals surface area contributed by atoms with Crippen molar-refractivity contribution >= 4 is 5.91 Å². The molecule has 1 heterocycles. The van der Waals surface area contributed by atoms with Gasteiger partial charge < -0.3 is 10.4 Å². The molecule has 0 saturated heterocycles. The van der Waals surface area contributed by atoms with E-state index < -0.39 is 11.7 Å². The van der Waals surface area contributed by atoms with Crippen LogP contribution in [0, 0.1) is 17.7 Å². The van der Waals surface area contributed by atoms with Crippen LogP contribution in [0.3, 0.4) is 0 Å². The highest BCUT2D eigenvalue weighted by molar-refractivity contribution is 5.96. The van der Waals surface area contributed by atoms with Crippen LogP contribution >= 0.6 is 0 Å². The first kappa shape index (κ1) is 14.8. The second kappa shape index (κ2) is 7.22. The molecule has 108 valence electrons. The van der Waals surface area contributed by atoms with Gasteiger partial charge in [0.05, 0.1) is 12.1 Å². The van der Waals surface area contributed by atoms with Crippen molar-refractivity contribution in [2.45, 2.75) is 6.54 Å². The van der Waals surface area contributed by atoms with Gasteiger partial charge in [0, 0.05) is 24.5 Å². The monoisotopic (exact) mass is 287 g/mol. The number of aliphatic hydroxyl groups excluding tert-OH is 1. The van der Waals surface area contributed by atoms with Crippen molar-refractivity contribution in [2.24, 2.45) is 0 Å². The Bertz CT molecular complexity index is 672. The number of amides is 1. The molecule has 0 unspecified atom stereocenters. The van der Waals surface area contributed by atoms with Gasteiger partial charge in [-0.15, -0.1) is 0 Å². The summed E-state index contributed by atoms with van der Waals surface area (Å²) in [6, 6.07) is 5.56. The zero-order valence-corrected chi connectivity index (χ0v) is 11.2. The van der Waals surface area contributed by atoms with E-state index in [9.17, 15) is 9.18 Å². The van der Waals surface area contributed by atoms with Gasteiger partial charge in [-0.3, -0.25) is 9.48 Å². The quantitative estimate of drug-likeness (QED) is 0.817. The maximum Gasteiger partial charge on any atom is 0.252 e. The van der Waals surface area contributed by atoms with Gasteiger partial charge in [0.15, 0.2) is 0 Å². The molecule has 0 aliphatic heterocycles. The summed E-state index contributed by atoms with van der Waals surface area (Å²) in [5.74, 6) is 4.15. The van der Waals surface area contributed by atoms with E-state index in [0.717, 1.165) is 6.07 Å². The van der Waals surface area contributed by atoms with Crippen LogP contribution in [0.2, 0.25) is 0 Å². The fourth-order valence-electron chi connectivity index (χ4n) is 1.76. The number of carbonyl (C=O) groups excluding carboxylic acids is 1. The standard InChI is InChI=1S/C15H14FN3O2/c16-13-5-4-12(3-1-10-20)14(11-13)15(21)17-7-9-19-8-2-6-18-19/h2,4-6,8,11,20H,7,9-10H2,(H,17,21). The van der Waals surface area contributed by atoms with Crippen molar-refractivity contribution in [2.75, 3.05) is 13.2 Å². The van der Waals surface area contributed by atoms with Crippen molar-refractivity contribution in [3.8, 4) is 11.8 Å². The van der Waals surface area contributed by atoms with E-state index in [1.54, 1.807) is 23.1 Å². The highest BCUT2D eigenvalue weighted by Crippen LogP contribution is 2.10. The number of aromatic nitrogens is 2. The molecule has 0 radical (unpaired) electrons. The highest BCUT2D eigenvalue weighted by Gasteiger charge is 2.11. The largest absolute Gasteiger partial charge is 0.384 e. The molecule has 0 aliphatic carbocycles. The molecule has 6 heteroatoms. The van der Waals surface area contributed by atoms with Crippen LogP contribution < -0.4 is 5.32 Å². The van der Waals surface area contributed by atoms with E-state index in [1.165, 1.54) is 12.1 Å². The molecular weight excluding hydrogens is 273 g/mol. The molecule has 0 atom stereocenters. The molecule has 0 aliphatic rings. The smallest absolute Gasteiger partial charge is 0.252 e. The Balaban J connectivity index is 2.05. The summed E-state index contributed by atoms with van der Waals surface area (Å²) in [6.07, 6.45) is 3.43. The first-order valence-corrected chi connectivity index (χ1v) is 6.35. The molecule has 1 amide bonds.